The fourth-order valence-corrected chi connectivity index (χ4v) is 5.94. The van der Waals surface area contributed by atoms with Crippen molar-refractivity contribution in [2.45, 2.75) is 17.1 Å². The molecule has 2 rings (SSSR count). The SMILES string of the molecule is C=CCNC(=O)C1CCCN(S(=O)(=O)c2ccc(Br)s2)C1. The molecule has 1 unspecified atom stereocenters. The summed E-state index contributed by atoms with van der Waals surface area (Å²) in [4.78, 5) is 12.0. The van der Waals surface area contributed by atoms with E-state index in [1.165, 1.54) is 15.6 Å². The van der Waals surface area contributed by atoms with Gasteiger partial charge >= 0.3 is 0 Å². The van der Waals surface area contributed by atoms with Crippen LogP contribution in [-0.4, -0.2) is 38.3 Å². The molecule has 0 aromatic carbocycles. The van der Waals surface area contributed by atoms with Crippen LogP contribution in [0.25, 0.3) is 0 Å². The third-order valence-corrected chi connectivity index (χ3v) is 7.27. The van der Waals surface area contributed by atoms with E-state index < -0.39 is 10.0 Å². The molecule has 0 aliphatic carbocycles. The predicted octanol–water partition coefficient (Wildman–Crippen LogP) is 2.21. The Morgan fingerprint density at radius 1 is 1.57 bits per heavy atom. The van der Waals surface area contributed by atoms with Gasteiger partial charge in [0, 0.05) is 19.6 Å². The molecule has 1 saturated heterocycles. The lowest BCUT2D eigenvalue weighted by Crippen LogP contribution is -2.45. The Labute approximate surface area is 137 Å². The zero-order chi connectivity index (χ0) is 15.5. The van der Waals surface area contributed by atoms with Crippen LogP contribution < -0.4 is 5.32 Å². The van der Waals surface area contributed by atoms with Crippen LogP contribution in [0.1, 0.15) is 12.8 Å². The van der Waals surface area contributed by atoms with E-state index in [2.05, 4.69) is 27.8 Å². The molecule has 0 saturated carbocycles. The van der Waals surface area contributed by atoms with E-state index in [0.29, 0.717) is 30.1 Å². The number of hydrogen-bond donors (Lipinski definition) is 1. The predicted molar refractivity (Wildman–Crippen MR) is 86.7 cm³/mol. The fraction of sp³-hybridized carbons (Fsp3) is 0.462. The molecule has 0 spiro atoms. The maximum atomic E-state index is 12.6. The molecule has 1 atom stereocenters. The lowest BCUT2D eigenvalue weighted by atomic mass is 9.99. The van der Waals surface area contributed by atoms with Crippen molar-refractivity contribution in [3.63, 3.8) is 0 Å². The summed E-state index contributed by atoms with van der Waals surface area (Å²) in [6, 6.07) is 3.31. The molecular formula is C13H17BrN2O3S2. The first-order valence-electron chi connectivity index (χ1n) is 6.59. The molecule has 5 nitrogen and oxygen atoms in total. The standard InChI is InChI=1S/C13H17BrN2O3S2/c1-2-7-15-13(17)10-4-3-8-16(9-10)21(18,19)12-6-5-11(14)20-12/h2,5-6,10H,1,3-4,7-9H2,(H,15,17). The first kappa shape index (κ1) is 16.7. The third-order valence-electron chi connectivity index (χ3n) is 3.32. The van der Waals surface area contributed by atoms with Crippen molar-refractivity contribution < 1.29 is 13.2 Å². The van der Waals surface area contributed by atoms with Gasteiger partial charge in [0.15, 0.2) is 0 Å². The van der Waals surface area contributed by atoms with Crippen LogP contribution >= 0.6 is 27.3 Å². The van der Waals surface area contributed by atoms with Gasteiger partial charge in [-0.3, -0.25) is 4.79 Å². The Kier molecular flexibility index (Phi) is 5.59. The number of nitrogens with one attached hydrogen (secondary N) is 1. The zero-order valence-electron chi connectivity index (χ0n) is 11.4. The highest BCUT2D eigenvalue weighted by Crippen LogP contribution is 2.30. The molecule has 1 fully saturated rings. The van der Waals surface area contributed by atoms with Crippen molar-refractivity contribution in [3.8, 4) is 0 Å². The molecule has 1 aromatic rings. The lowest BCUT2D eigenvalue weighted by molar-refractivity contribution is -0.125. The molecule has 2 heterocycles. The van der Waals surface area contributed by atoms with Crippen LogP contribution in [0.5, 0.6) is 0 Å². The highest BCUT2D eigenvalue weighted by atomic mass is 79.9. The van der Waals surface area contributed by atoms with Crippen molar-refractivity contribution in [1.82, 2.24) is 9.62 Å². The summed E-state index contributed by atoms with van der Waals surface area (Å²) in [7, 11) is -3.51. The summed E-state index contributed by atoms with van der Waals surface area (Å²) < 4.78 is 27.6. The first-order valence-corrected chi connectivity index (χ1v) is 9.64. The van der Waals surface area contributed by atoms with Gasteiger partial charge in [-0.1, -0.05) is 6.08 Å². The highest BCUT2D eigenvalue weighted by molar-refractivity contribution is 9.11. The van der Waals surface area contributed by atoms with Gasteiger partial charge in [0.05, 0.1) is 9.70 Å². The number of sulfonamides is 1. The van der Waals surface area contributed by atoms with E-state index in [-0.39, 0.29) is 18.4 Å². The van der Waals surface area contributed by atoms with Crippen LogP contribution in [-0.2, 0) is 14.8 Å². The molecule has 1 aliphatic heterocycles. The molecule has 0 radical (unpaired) electrons. The minimum absolute atomic E-state index is 0.109. The number of nitrogens with zero attached hydrogens (tertiary/aromatic N) is 1. The van der Waals surface area contributed by atoms with E-state index in [9.17, 15) is 13.2 Å². The summed E-state index contributed by atoms with van der Waals surface area (Å²) in [5.74, 6) is -0.404. The Morgan fingerprint density at radius 2 is 2.33 bits per heavy atom. The van der Waals surface area contributed by atoms with E-state index in [1.54, 1.807) is 18.2 Å². The van der Waals surface area contributed by atoms with Crippen LogP contribution in [0.4, 0.5) is 0 Å². The van der Waals surface area contributed by atoms with Gasteiger partial charge in [-0.2, -0.15) is 4.31 Å². The second kappa shape index (κ2) is 7.04. The molecule has 1 aromatic heterocycles. The molecular weight excluding hydrogens is 376 g/mol. The molecule has 0 bridgehead atoms. The summed E-state index contributed by atoms with van der Waals surface area (Å²) >= 11 is 4.46. The van der Waals surface area contributed by atoms with E-state index >= 15 is 0 Å². The maximum Gasteiger partial charge on any atom is 0.252 e. The average Bonchev–Trinajstić information content (AvgIpc) is 2.92. The van der Waals surface area contributed by atoms with Crippen LogP contribution in [0.15, 0.2) is 32.8 Å². The average molecular weight is 393 g/mol. The number of hydrogen-bond acceptors (Lipinski definition) is 4. The smallest absolute Gasteiger partial charge is 0.252 e. The van der Waals surface area contributed by atoms with Crippen LogP contribution in [0.2, 0.25) is 0 Å². The van der Waals surface area contributed by atoms with Crippen molar-refractivity contribution >= 4 is 43.2 Å². The summed E-state index contributed by atoms with van der Waals surface area (Å²) in [6.45, 7) is 4.65. The number of carbonyl (C=O) groups excluding carboxylic acids is 1. The number of halogens is 1. The Bertz CT molecular complexity index is 627. The van der Waals surface area contributed by atoms with E-state index in [1.807, 2.05) is 0 Å². The van der Waals surface area contributed by atoms with Crippen LogP contribution in [0, 0.1) is 5.92 Å². The minimum atomic E-state index is -3.51. The number of rotatable bonds is 5. The number of carbonyl (C=O) groups is 1. The summed E-state index contributed by atoms with van der Waals surface area (Å²) in [5.41, 5.74) is 0. The van der Waals surface area contributed by atoms with Crippen molar-refractivity contribution in [3.05, 3.63) is 28.6 Å². The lowest BCUT2D eigenvalue weighted by Gasteiger charge is -2.30. The highest BCUT2D eigenvalue weighted by Gasteiger charge is 2.33. The van der Waals surface area contributed by atoms with Crippen LogP contribution in [0.3, 0.4) is 0 Å². The zero-order valence-corrected chi connectivity index (χ0v) is 14.6. The number of amides is 1. The van der Waals surface area contributed by atoms with Gasteiger partial charge in [-0.05, 0) is 40.9 Å². The Balaban J connectivity index is 2.10. The monoisotopic (exact) mass is 392 g/mol. The van der Waals surface area contributed by atoms with Gasteiger partial charge < -0.3 is 5.32 Å². The quantitative estimate of drug-likeness (QED) is 0.781. The van der Waals surface area contributed by atoms with Crippen molar-refractivity contribution in [2.75, 3.05) is 19.6 Å². The van der Waals surface area contributed by atoms with Crippen molar-refractivity contribution in [2.24, 2.45) is 5.92 Å². The van der Waals surface area contributed by atoms with Gasteiger partial charge in [-0.25, -0.2) is 8.42 Å². The molecule has 1 N–H and O–H groups in total. The van der Waals surface area contributed by atoms with Crippen molar-refractivity contribution in [1.29, 1.82) is 0 Å². The molecule has 116 valence electrons. The number of piperidine rings is 1. The number of thiophene rings is 1. The largest absolute Gasteiger partial charge is 0.352 e. The van der Waals surface area contributed by atoms with E-state index in [4.69, 9.17) is 0 Å². The first-order chi connectivity index (χ1) is 9.95. The third kappa shape index (κ3) is 3.94. The Morgan fingerprint density at radius 3 is 2.95 bits per heavy atom. The van der Waals surface area contributed by atoms with Gasteiger partial charge in [-0.15, -0.1) is 17.9 Å². The van der Waals surface area contributed by atoms with Gasteiger partial charge in [0.1, 0.15) is 4.21 Å². The van der Waals surface area contributed by atoms with Gasteiger partial charge in [0.25, 0.3) is 10.0 Å². The minimum Gasteiger partial charge on any atom is -0.352 e. The molecule has 1 amide bonds. The molecule has 8 heteroatoms. The Hall–Kier alpha value is -0.700. The summed E-state index contributed by atoms with van der Waals surface area (Å²) in [5, 5.41) is 2.73. The topological polar surface area (TPSA) is 66.5 Å². The van der Waals surface area contributed by atoms with Gasteiger partial charge in [0.2, 0.25) is 5.91 Å². The fourth-order valence-electron chi connectivity index (χ4n) is 2.26. The van der Waals surface area contributed by atoms with E-state index in [0.717, 1.165) is 3.79 Å². The molecule has 1 aliphatic rings. The second-order valence-corrected chi connectivity index (χ2v) is 9.42. The summed E-state index contributed by atoms with van der Waals surface area (Å²) in [6.07, 6.45) is 3.01. The normalized spacial score (nSPS) is 20.1. The molecule has 21 heavy (non-hydrogen) atoms. The maximum absolute atomic E-state index is 12.6. The second-order valence-electron chi connectivity index (χ2n) is 4.79.